The van der Waals surface area contributed by atoms with Crippen molar-refractivity contribution in [3.8, 4) is 0 Å². The number of ketones is 1. The SMILES string of the molecule is COC(=O)c1cc(C(=O)c2ccccc2F)c[nH]1. The topological polar surface area (TPSA) is 59.2 Å². The zero-order chi connectivity index (χ0) is 13.1. The minimum atomic E-state index is -0.594. The highest BCUT2D eigenvalue weighted by molar-refractivity contribution is 6.10. The van der Waals surface area contributed by atoms with Crippen molar-refractivity contribution >= 4 is 11.8 Å². The molecule has 0 amide bonds. The van der Waals surface area contributed by atoms with E-state index >= 15 is 0 Å². The molecular weight excluding hydrogens is 237 g/mol. The molecule has 0 saturated heterocycles. The Morgan fingerprint density at radius 3 is 2.67 bits per heavy atom. The van der Waals surface area contributed by atoms with Crippen LogP contribution in [-0.2, 0) is 4.74 Å². The number of methoxy groups -OCH3 is 1. The molecule has 1 aromatic carbocycles. The van der Waals surface area contributed by atoms with E-state index in [0.29, 0.717) is 0 Å². The molecule has 0 spiro atoms. The fraction of sp³-hybridized carbons (Fsp3) is 0.0769. The first-order valence-electron chi connectivity index (χ1n) is 5.19. The molecular formula is C13H10FNO3. The highest BCUT2D eigenvalue weighted by Gasteiger charge is 2.17. The molecule has 0 radical (unpaired) electrons. The number of esters is 1. The Bertz CT molecular complexity index is 604. The first kappa shape index (κ1) is 12.0. The summed E-state index contributed by atoms with van der Waals surface area (Å²) in [6.45, 7) is 0. The van der Waals surface area contributed by atoms with Crippen molar-refractivity contribution in [3.05, 3.63) is 59.2 Å². The molecule has 1 heterocycles. The summed E-state index contributed by atoms with van der Waals surface area (Å²) in [6, 6.07) is 7.01. The molecule has 0 aliphatic rings. The minimum absolute atomic E-state index is 0.0343. The minimum Gasteiger partial charge on any atom is -0.464 e. The third-order valence-corrected chi connectivity index (χ3v) is 2.47. The van der Waals surface area contributed by atoms with Gasteiger partial charge >= 0.3 is 5.97 Å². The number of carbonyl (C=O) groups excluding carboxylic acids is 2. The van der Waals surface area contributed by atoms with Gasteiger partial charge in [0.2, 0.25) is 0 Å². The van der Waals surface area contributed by atoms with E-state index in [2.05, 4.69) is 9.72 Å². The van der Waals surface area contributed by atoms with Crippen LogP contribution in [0.4, 0.5) is 4.39 Å². The van der Waals surface area contributed by atoms with Crippen molar-refractivity contribution in [2.24, 2.45) is 0 Å². The van der Waals surface area contributed by atoms with Crippen molar-refractivity contribution in [2.45, 2.75) is 0 Å². The molecule has 4 nitrogen and oxygen atoms in total. The van der Waals surface area contributed by atoms with Crippen LogP contribution in [0.1, 0.15) is 26.4 Å². The van der Waals surface area contributed by atoms with Crippen LogP contribution in [0.25, 0.3) is 0 Å². The molecule has 0 aliphatic heterocycles. The third kappa shape index (κ3) is 2.15. The summed E-state index contributed by atoms with van der Waals surface area (Å²) in [5.74, 6) is -1.66. The zero-order valence-electron chi connectivity index (χ0n) is 9.57. The van der Waals surface area contributed by atoms with Crippen LogP contribution >= 0.6 is 0 Å². The summed E-state index contributed by atoms with van der Waals surface area (Å²) >= 11 is 0. The van der Waals surface area contributed by atoms with Gasteiger partial charge in [-0.25, -0.2) is 9.18 Å². The molecule has 0 saturated carbocycles. The molecule has 1 aromatic heterocycles. The van der Waals surface area contributed by atoms with Crippen molar-refractivity contribution < 1.29 is 18.7 Å². The zero-order valence-corrected chi connectivity index (χ0v) is 9.57. The highest BCUT2D eigenvalue weighted by Crippen LogP contribution is 2.14. The van der Waals surface area contributed by atoms with Crippen molar-refractivity contribution in [1.29, 1.82) is 0 Å². The van der Waals surface area contributed by atoms with E-state index < -0.39 is 17.6 Å². The van der Waals surface area contributed by atoms with Crippen LogP contribution in [0.2, 0.25) is 0 Å². The van der Waals surface area contributed by atoms with Gasteiger partial charge < -0.3 is 9.72 Å². The fourth-order valence-electron chi connectivity index (χ4n) is 1.55. The molecule has 0 atom stereocenters. The Balaban J connectivity index is 2.33. The third-order valence-electron chi connectivity index (χ3n) is 2.47. The second kappa shape index (κ2) is 4.83. The smallest absolute Gasteiger partial charge is 0.354 e. The van der Waals surface area contributed by atoms with E-state index in [9.17, 15) is 14.0 Å². The first-order chi connectivity index (χ1) is 8.63. The summed E-state index contributed by atoms with van der Waals surface area (Å²) in [4.78, 5) is 25.8. The van der Waals surface area contributed by atoms with Gasteiger partial charge in [-0.2, -0.15) is 0 Å². The Morgan fingerprint density at radius 1 is 1.28 bits per heavy atom. The van der Waals surface area contributed by atoms with Crippen molar-refractivity contribution in [1.82, 2.24) is 4.98 Å². The van der Waals surface area contributed by atoms with E-state index in [0.717, 1.165) is 0 Å². The quantitative estimate of drug-likeness (QED) is 0.668. The molecule has 0 aliphatic carbocycles. The summed E-state index contributed by atoms with van der Waals surface area (Å²) in [5, 5.41) is 0. The lowest BCUT2D eigenvalue weighted by molar-refractivity contribution is 0.0595. The van der Waals surface area contributed by atoms with E-state index in [4.69, 9.17) is 0 Å². The van der Waals surface area contributed by atoms with Crippen molar-refractivity contribution in [2.75, 3.05) is 7.11 Å². The Kier molecular flexibility index (Phi) is 3.23. The maximum Gasteiger partial charge on any atom is 0.354 e. The summed E-state index contributed by atoms with van der Waals surface area (Å²) in [5.41, 5.74) is 0.325. The predicted molar refractivity (Wildman–Crippen MR) is 62.0 cm³/mol. The number of H-pyrrole nitrogens is 1. The van der Waals surface area contributed by atoms with Crippen LogP contribution in [0.5, 0.6) is 0 Å². The number of rotatable bonds is 3. The van der Waals surface area contributed by atoms with Gasteiger partial charge in [-0.15, -0.1) is 0 Å². The molecule has 18 heavy (non-hydrogen) atoms. The Labute approximate surface area is 102 Å². The number of ether oxygens (including phenoxy) is 1. The largest absolute Gasteiger partial charge is 0.464 e. The predicted octanol–water partition coefficient (Wildman–Crippen LogP) is 2.17. The van der Waals surface area contributed by atoms with Crippen LogP contribution in [0.15, 0.2) is 36.5 Å². The second-order valence-electron chi connectivity index (χ2n) is 3.60. The van der Waals surface area contributed by atoms with Gasteiger partial charge in [0.1, 0.15) is 11.5 Å². The maximum atomic E-state index is 13.4. The number of carbonyl (C=O) groups is 2. The average molecular weight is 247 g/mol. The normalized spacial score (nSPS) is 10.1. The summed E-state index contributed by atoms with van der Waals surface area (Å²) in [6.07, 6.45) is 1.35. The highest BCUT2D eigenvalue weighted by atomic mass is 19.1. The van der Waals surface area contributed by atoms with Crippen molar-refractivity contribution in [3.63, 3.8) is 0 Å². The standard InChI is InChI=1S/C13H10FNO3/c1-18-13(17)11-6-8(7-15-11)12(16)9-4-2-3-5-10(9)14/h2-7,15H,1H3. The molecule has 2 rings (SSSR count). The molecule has 1 N–H and O–H groups in total. The number of benzene rings is 1. The fourth-order valence-corrected chi connectivity index (χ4v) is 1.55. The van der Waals surface area contributed by atoms with Gasteiger partial charge in [0.05, 0.1) is 12.7 Å². The molecule has 0 unspecified atom stereocenters. The number of hydrogen-bond donors (Lipinski definition) is 1. The van der Waals surface area contributed by atoms with Crippen LogP contribution in [0, 0.1) is 5.82 Å². The Hall–Kier alpha value is -2.43. The van der Waals surface area contributed by atoms with Gasteiger partial charge in [0.15, 0.2) is 5.78 Å². The number of nitrogens with one attached hydrogen (secondary N) is 1. The first-order valence-corrected chi connectivity index (χ1v) is 5.19. The van der Waals surface area contributed by atoms with Gasteiger partial charge in [-0.1, -0.05) is 12.1 Å². The molecule has 2 aromatic rings. The van der Waals surface area contributed by atoms with Gasteiger partial charge in [-0.05, 0) is 18.2 Å². The van der Waals surface area contributed by atoms with Gasteiger partial charge in [0.25, 0.3) is 0 Å². The lowest BCUT2D eigenvalue weighted by atomic mass is 10.1. The lowest BCUT2D eigenvalue weighted by Gasteiger charge is -1.99. The van der Waals surface area contributed by atoms with Crippen LogP contribution < -0.4 is 0 Å². The average Bonchev–Trinajstić information content (AvgIpc) is 2.87. The monoisotopic (exact) mass is 247 g/mol. The lowest BCUT2D eigenvalue weighted by Crippen LogP contribution is -2.03. The summed E-state index contributed by atoms with van der Waals surface area (Å²) in [7, 11) is 1.24. The summed E-state index contributed by atoms with van der Waals surface area (Å²) < 4.78 is 17.9. The number of halogens is 1. The molecule has 0 bridgehead atoms. The van der Waals surface area contributed by atoms with Crippen LogP contribution in [-0.4, -0.2) is 23.8 Å². The number of aromatic nitrogens is 1. The number of aromatic amines is 1. The molecule has 92 valence electrons. The molecule has 5 heteroatoms. The van der Waals surface area contributed by atoms with E-state index in [1.165, 1.54) is 37.6 Å². The maximum absolute atomic E-state index is 13.4. The van der Waals surface area contributed by atoms with E-state index in [1.807, 2.05) is 0 Å². The van der Waals surface area contributed by atoms with E-state index in [-0.39, 0.29) is 16.8 Å². The molecule has 0 fully saturated rings. The van der Waals surface area contributed by atoms with Crippen LogP contribution in [0.3, 0.4) is 0 Å². The van der Waals surface area contributed by atoms with E-state index in [1.54, 1.807) is 6.07 Å². The Morgan fingerprint density at radius 2 is 2.00 bits per heavy atom. The second-order valence-corrected chi connectivity index (χ2v) is 3.60. The van der Waals surface area contributed by atoms with Gasteiger partial charge in [0, 0.05) is 11.8 Å². The number of hydrogen-bond acceptors (Lipinski definition) is 3. The van der Waals surface area contributed by atoms with Gasteiger partial charge in [-0.3, -0.25) is 4.79 Å².